The fourth-order valence-corrected chi connectivity index (χ4v) is 2.18. The summed E-state index contributed by atoms with van der Waals surface area (Å²) in [5, 5.41) is 2.83. The summed E-state index contributed by atoms with van der Waals surface area (Å²) in [6.07, 6.45) is 1.86. The Balaban J connectivity index is 1.90. The Morgan fingerprint density at radius 1 is 1.39 bits per heavy atom. The summed E-state index contributed by atoms with van der Waals surface area (Å²) in [4.78, 5) is 24.9. The van der Waals surface area contributed by atoms with Gasteiger partial charge in [0.2, 0.25) is 11.8 Å². The van der Waals surface area contributed by atoms with E-state index < -0.39 is 0 Å². The van der Waals surface area contributed by atoms with Crippen LogP contribution in [0.25, 0.3) is 0 Å². The van der Waals surface area contributed by atoms with Crippen molar-refractivity contribution in [3.63, 3.8) is 0 Å². The zero-order valence-corrected chi connectivity index (χ0v) is 10.6. The second kappa shape index (κ2) is 5.67. The molecule has 0 unspecified atom stereocenters. The molecule has 1 aliphatic heterocycles. The van der Waals surface area contributed by atoms with E-state index in [1.54, 1.807) is 4.90 Å². The van der Waals surface area contributed by atoms with Crippen LogP contribution in [0.4, 0.5) is 5.69 Å². The van der Waals surface area contributed by atoms with E-state index in [1.807, 2.05) is 31.2 Å². The van der Waals surface area contributed by atoms with Crippen molar-refractivity contribution in [2.45, 2.75) is 26.2 Å². The van der Waals surface area contributed by atoms with Crippen LogP contribution in [0.3, 0.4) is 0 Å². The lowest BCUT2D eigenvalue weighted by molar-refractivity contribution is -0.121. The first kappa shape index (κ1) is 12.6. The number of fused-ring (bicyclic) bond motifs is 1. The van der Waals surface area contributed by atoms with E-state index in [0.717, 1.165) is 17.7 Å². The second-order valence-corrected chi connectivity index (χ2v) is 4.45. The first-order valence-electron chi connectivity index (χ1n) is 6.37. The summed E-state index contributed by atoms with van der Waals surface area (Å²) >= 11 is 0. The minimum atomic E-state index is 0.0532. The van der Waals surface area contributed by atoms with Gasteiger partial charge < -0.3 is 10.2 Å². The number of benzene rings is 1. The third-order valence-electron chi connectivity index (χ3n) is 3.06. The fourth-order valence-electron chi connectivity index (χ4n) is 2.18. The molecule has 4 heteroatoms. The first-order valence-corrected chi connectivity index (χ1v) is 6.37. The van der Waals surface area contributed by atoms with Crippen LogP contribution in [-0.4, -0.2) is 24.9 Å². The van der Waals surface area contributed by atoms with Crippen LogP contribution in [0, 0.1) is 0 Å². The maximum atomic E-state index is 11.8. The smallest absolute Gasteiger partial charge is 0.231 e. The standard InChI is InChI=1S/C14H18N2O2/c1-2-5-13(17)15-8-9-16-12-7-4-3-6-11(12)10-14(16)18/h3-4,6-7H,2,5,8-10H2,1H3,(H,15,17). The lowest BCUT2D eigenvalue weighted by atomic mass is 10.2. The van der Waals surface area contributed by atoms with Gasteiger partial charge in [0.1, 0.15) is 0 Å². The third kappa shape index (κ3) is 2.70. The normalized spacial score (nSPS) is 13.6. The van der Waals surface area contributed by atoms with Crippen LogP contribution in [0.1, 0.15) is 25.3 Å². The minimum absolute atomic E-state index is 0.0532. The van der Waals surface area contributed by atoms with Crippen molar-refractivity contribution in [1.82, 2.24) is 5.32 Å². The van der Waals surface area contributed by atoms with E-state index in [1.165, 1.54) is 0 Å². The lowest BCUT2D eigenvalue weighted by Gasteiger charge is -2.17. The van der Waals surface area contributed by atoms with E-state index in [0.29, 0.717) is 25.9 Å². The van der Waals surface area contributed by atoms with Gasteiger partial charge in [0.05, 0.1) is 6.42 Å². The van der Waals surface area contributed by atoms with E-state index in [9.17, 15) is 9.59 Å². The Labute approximate surface area is 107 Å². The topological polar surface area (TPSA) is 49.4 Å². The van der Waals surface area contributed by atoms with Crippen molar-refractivity contribution >= 4 is 17.5 Å². The van der Waals surface area contributed by atoms with Gasteiger partial charge in [-0.15, -0.1) is 0 Å². The van der Waals surface area contributed by atoms with Crippen molar-refractivity contribution in [1.29, 1.82) is 0 Å². The Morgan fingerprint density at radius 3 is 2.94 bits per heavy atom. The summed E-state index contributed by atoms with van der Waals surface area (Å²) in [7, 11) is 0. The number of hydrogen-bond donors (Lipinski definition) is 1. The SMILES string of the molecule is CCCC(=O)NCCN1C(=O)Cc2ccccc21. The average molecular weight is 246 g/mol. The van der Waals surface area contributed by atoms with Crippen LogP contribution < -0.4 is 10.2 Å². The van der Waals surface area contributed by atoms with Gasteiger partial charge in [0, 0.05) is 25.2 Å². The number of anilines is 1. The second-order valence-electron chi connectivity index (χ2n) is 4.45. The van der Waals surface area contributed by atoms with Gasteiger partial charge in [-0.25, -0.2) is 0 Å². The van der Waals surface area contributed by atoms with Gasteiger partial charge in [0.15, 0.2) is 0 Å². The predicted molar refractivity (Wildman–Crippen MR) is 70.4 cm³/mol. The number of nitrogens with zero attached hydrogens (tertiary/aromatic N) is 1. The van der Waals surface area contributed by atoms with Gasteiger partial charge in [0.25, 0.3) is 0 Å². The Kier molecular flexibility index (Phi) is 3.97. The average Bonchev–Trinajstić information content (AvgIpc) is 2.66. The fraction of sp³-hybridized carbons (Fsp3) is 0.429. The number of amides is 2. The molecule has 0 fully saturated rings. The van der Waals surface area contributed by atoms with Crippen LogP contribution in [0.2, 0.25) is 0 Å². The molecule has 0 aromatic heterocycles. The molecule has 1 aromatic carbocycles. The Bertz CT molecular complexity index is 457. The molecule has 0 radical (unpaired) electrons. The van der Waals surface area contributed by atoms with Gasteiger partial charge >= 0.3 is 0 Å². The van der Waals surface area contributed by atoms with Gasteiger partial charge in [-0.1, -0.05) is 25.1 Å². The number of carbonyl (C=O) groups is 2. The molecule has 96 valence electrons. The molecule has 0 saturated carbocycles. The quantitative estimate of drug-likeness (QED) is 0.855. The van der Waals surface area contributed by atoms with Crippen molar-refractivity contribution in [3.05, 3.63) is 29.8 Å². The van der Waals surface area contributed by atoms with Crippen LogP contribution >= 0.6 is 0 Å². The highest BCUT2D eigenvalue weighted by atomic mass is 16.2. The van der Waals surface area contributed by atoms with Crippen LogP contribution in [0.5, 0.6) is 0 Å². The van der Waals surface area contributed by atoms with Crippen LogP contribution in [0.15, 0.2) is 24.3 Å². The zero-order valence-electron chi connectivity index (χ0n) is 10.6. The molecule has 1 heterocycles. The van der Waals surface area contributed by atoms with E-state index in [2.05, 4.69) is 5.32 Å². The molecule has 2 rings (SSSR count). The zero-order chi connectivity index (χ0) is 13.0. The molecular weight excluding hydrogens is 228 g/mol. The van der Waals surface area contributed by atoms with E-state index >= 15 is 0 Å². The molecule has 4 nitrogen and oxygen atoms in total. The van der Waals surface area contributed by atoms with E-state index in [-0.39, 0.29) is 11.8 Å². The van der Waals surface area contributed by atoms with Crippen LogP contribution in [-0.2, 0) is 16.0 Å². The minimum Gasteiger partial charge on any atom is -0.354 e. The van der Waals surface area contributed by atoms with Crippen molar-refractivity contribution < 1.29 is 9.59 Å². The first-order chi connectivity index (χ1) is 8.72. The number of para-hydroxylation sites is 1. The molecule has 2 amide bonds. The molecular formula is C14H18N2O2. The molecule has 1 aromatic rings. The molecule has 18 heavy (non-hydrogen) atoms. The van der Waals surface area contributed by atoms with Crippen molar-refractivity contribution in [2.75, 3.05) is 18.0 Å². The third-order valence-corrected chi connectivity index (χ3v) is 3.06. The summed E-state index contributed by atoms with van der Waals surface area (Å²) in [6, 6.07) is 7.80. The number of nitrogens with one attached hydrogen (secondary N) is 1. The maximum Gasteiger partial charge on any atom is 0.231 e. The monoisotopic (exact) mass is 246 g/mol. The number of hydrogen-bond acceptors (Lipinski definition) is 2. The summed E-state index contributed by atoms with van der Waals surface area (Å²) < 4.78 is 0. The van der Waals surface area contributed by atoms with E-state index in [4.69, 9.17) is 0 Å². The van der Waals surface area contributed by atoms with Crippen molar-refractivity contribution in [3.8, 4) is 0 Å². The molecule has 0 saturated heterocycles. The van der Waals surface area contributed by atoms with Gasteiger partial charge in [-0.2, -0.15) is 0 Å². The molecule has 0 bridgehead atoms. The molecule has 1 N–H and O–H groups in total. The predicted octanol–water partition coefficient (Wildman–Crippen LogP) is 1.49. The molecule has 0 atom stereocenters. The molecule has 1 aliphatic rings. The van der Waals surface area contributed by atoms with Crippen molar-refractivity contribution in [2.24, 2.45) is 0 Å². The lowest BCUT2D eigenvalue weighted by Crippen LogP contribution is -2.36. The molecule has 0 spiro atoms. The Morgan fingerprint density at radius 2 is 2.17 bits per heavy atom. The highest BCUT2D eigenvalue weighted by molar-refractivity contribution is 6.01. The summed E-state index contributed by atoms with van der Waals surface area (Å²) in [6.45, 7) is 3.03. The van der Waals surface area contributed by atoms with Gasteiger partial charge in [-0.05, 0) is 18.1 Å². The highest BCUT2D eigenvalue weighted by Gasteiger charge is 2.25. The maximum absolute atomic E-state index is 11.8. The summed E-state index contributed by atoms with van der Waals surface area (Å²) in [5.41, 5.74) is 2.05. The highest BCUT2D eigenvalue weighted by Crippen LogP contribution is 2.27. The number of rotatable bonds is 5. The largest absolute Gasteiger partial charge is 0.354 e. The number of carbonyl (C=O) groups excluding carboxylic acids is 2. The molecule has 0 aliphatic carbocycles. The van der Waals surface area contributed by atoms with Gasteiger partial charge in [-0.3, -0.25) is 9.59 Å². The Hall–Kier alpha value is -1.84. The summed E-state index contributed by atoms with van der Waals surface area (Å²) in [5.74, 6) is 0.165.